The second-order valence-corrected chi connectivity index (χ2v) is 4.13. The van der Waals surface area contributed by atoms with Crippen LogP contribution in [0.1, 0.15) is 6.92 Å². The lowest BCUT2D eigenvalue weighted by Gasteiger charge is -2.23. The third-order valence-electron chi connectivity index (χ3n) is 2.19. The first-order valence-electron chi connectivity index (χ1n) is 4.33. The number of benzene rings is 1. The molecule has 3 nitrogen and oxygen atoms in total. The van der Waals surface area contributed by atoms with Crippen molar-refractivity contribution < 1.29 is 9.90 Å². The van der Waals surface area contributed by atoms with E-state index >= 15 is 0 Å². The molecular weight excluding hydrogens is 237 g/mol. The standard InChI is InChI=1S/C10H11Cl2NO2/c1-6(10(14)15)13(2)9-4-7(11)3-8(12)5-9/h3-6H,1-2H3,(H,14,15)/t6-/m1/s1. The zero-order chi connectivity index (χ0) is 11.6. The molecule has 1 rings (SSSR count). The average molecular weight is 248 g/mol. The Bertz CT molecular complexity index is 361. The molecule has 1 aromatic rings. The highest BCUT2D eigenvalue weighted by Gasteiger charge is 2.17. The molecule has 5 heteroatoms. The van der Waals surface area contributed by atoms with Gasteiger partial charge in [0.2, 0.25) is 0 Å². The summed E-state index contributed by atoms with van der Waals surface area (Å²) in [6.45, 7) is 1.59. The van der Waals surface area contributed by atoms with Crippen molar-refractivity contribution in [2.24, 2.45) is 0 Å². The van der Waals surface area contributed by atoms with Crippen molar-refractivity contribution in [1.29, 1.82) is 0 Å². The van der Waals surface area contributed by atoms with Crippen LogP contribution in [0, 0.1) is 0 Å². The van der Waals surface area contributed by atoms with Gasteiger partial charge in [-0.15, -0.1) is 0 Å². The van der Waals surface area contributed by atoms with E-state index in [4.69, 9.17) is 28.3 Å². The van der Waals surface area contributed by atoms with E-state index in [1.807, 2.05) is 0 Å². The van der Waals surface area contributed by atoms with Crippen molar-refractivity contribution in [3.8, 4) is 0 Å². The molecule has 0 saturated heterocycles. The molecule has 1 N–H and O–H groups in total. The number of hydrogen-bond donors (Lipinski definition) is 1. The molecule has 0 aliphatic rings. The molecule has 82 valence electrons. The zero-order valence-electron chi connectivity index (χ0n) is 8.37. The second kappa shape index (κ2) is 4.73. The summed E-state index contributed by atoms with van der Waals surface area (Å²) < 4.78 is 0. The lowest BCUT2D eigenvalue weighted by Crippen LogP contribution is -2.35. The van der Waals surface area contributed by atoms with E-state index in [2.05, 4.69) is 0 Å². The molecule has 0 fully saturated rings. The summed E-state index contributed by atoms with van der Waals surface area (Å²) in [5.41, 5.74) is 0.683. The van der Waals surface area contributed by atoms with Gasteiger partial charge < -0.3 is 10.0 Å². The van der Waals surface area contributed by atoms with Crippen LogP contribution < -0.4 is 4.90 Å². The highest BCUT2D eigenvalue weighted by molar-refractivity contribution is 6.35. The third-order valence-corrected chi connectivity index (χ3v) is 2.63. The van der Waals surface area contributed by atoms with Crippen LogP contribution in [0.2, 0.25) is 10.0 Å². The zero-order valence-corrected chi connectivity index (χ0v) is 9.88. The maximum atomic E-state index is 10.8. The Morgan fingerprint density at radius 1 is 1.33 bits per heavy atom. The predicted molar refractivity (Wildman–Crippen MR) is 62.0 cm³/mol. The Hall–Kier alpha value is -0.930. The third kappa shape index (κ3) is 3.01. The lowest BCUT2D eigenvalue weighted by atomic mass is 10.2. The number of nitrogens with zero attached hydrogens (tertiary/aromatic N) is 1. The number of halogens is 2. The van der Waals surface area contributed by atoms with Gasteiger partial charge in [-0.2, -0.15) is 0 Å². The van der Waals surface area contributed by atoms with Crippen LogP contribution in [0.5, 0.6) is 0 Å². The molecule has 0 aromatic heterocycles. The van der Waals surface area contributed by atoms with E-state index in [0.717, 1.165) is 0 Å². The summed E-state index contributed by atoms with van der Waals surface area (Å²) in [4.78, 5) is 12.4. The topological polar surface area (TPSA) is 40.5 Å². The number of likely N-dealkylation sites (N-methyl/N-ethyl adjacent to an activating group) is 1. The number of carboxylic acid groups (broad SMARTS) is 1. The van der Waals surface area contributed by atoms with Gasteiger partial charge in [0.1, 0.15) is 6.04 Å². The van der Waals surface area contributed by atoms with Gasteiger partial charge in [-0.3, -0.25) is 0 Å². The van der Waals surface area contributed by atoms with Crippen molar-refractivity contribution in [3.63, 3.8) is 0 Å². The van der Waals surface area contributed by atoms with Crippen LogP contribution in [0.3, 0.4) is 0 Å². The molecular formula is C10H11Cl2NO2. The van der Waals surface area contributed by atoms with Crippen LogP contribution in [0.15, 0.2) is 18.2 Å². The van der Waals surface area contributed by atoms with E-state index in [-0.39, 0.29) is 0 Å². The van der Waals surface area contributed by atoms with Gasteiger partial charge in [0.05, 0.1) is 0 Å². The van der Waals surface area contributed by atoms with Crippen LogP contribution in [-0.4, -0.2) is 24.2 Å². The molecule has 0 aliphatic heterocycles. The Morgan fingerprint density at radius 2 is 1.80 bits per heavy atom. The van der Waals surface area contributed by atoms with Crippen LogP contribution in [0.4, 0.5) is 5.69 Å². The van der Waals surface area contributed by atoms with Crippen molar-refractivity contribution in [2.75, 3.05) is 11.9 Å². The smallest absolute Gasteiger partial charge is 0.326 e. The molecule has 0 amide bonds. The van der Waals surface area contributed by atoms with Crippen molar-refractivity contribution in [3.05, 3.63) is 28.2 Å². The van der Waals surface area contributed by atoms with E-state index in [1.165, 1.54) is 0 Å². The molecule has 0 radical (unpaired) electrons. The fourth-order valence-corrected chi connectivity index (χ4v) is 1.65. The fraction of sp³-hybridized carbons (Fsp3) is 0.300. The van der Waals surface area contributed by atoms with Crippen molar-refractivity contribution in [2.45, 2.75) is 13.0 Å². The first kappa shape index (κ1) is 12.1. The van der Waals surface area contributed by atoms with Gasteiger partial charge in [-0.25, -0.2) is 4.79 Å². The summed E-state index contributed by atoms with van der Waals surface area (Å²) in [7, 11) is 1.68. The van der Waals surface area contributed by atoms with Gasteiger partial charge in [0.15, 0.2) is 0 Å². The molecule has 0 saturated carbocycles. The normalized spacial score (nSPS) is 12.3. The first-order valence-corrected chi connectivity index (χ1v) is 5.09. The van der Waals surface area contributed by atoms with Gasteiger partial charge >= 0.3 is 5.97 Å². The van der Waals surface area contributed by atoms with Gasteiger partial charge in [-0.05, 0) is 25.1 Å². The summed E-state index contributed by atoms with van der Waals surface area (Å²) in [5, 5.41) is 9.82. The summed E-state index contributed by atoms with van der Waals surface area (Å²) >= 11 is 11.6. The van der Waals surface area contributed by atoms with Crippen LogP contribution in [0.25, 0.3) is 0 Å². The van der Waals surface area contributed by atoms with E-state index in [9.17, 15) is 4.79 Å². The molecule has 0 bridgehead atoms. The maximum Gasteiger partial charge on any atom is 0.326 e. The minimum absolute atomic E-state index is 0.488. The van der Waals surface area contributed by atoms with E-state index in [1.54, 1.807) is 37.1 Å². The van der Waals surface area contributed by atoms with Gasteiger partial charge in [0, 0.05) is 22.8 Å². The number of aliphatic carboxylic acids is 1. The summed E-state index contributed by atoms with van der Waals surface area (Å²) in [6, 6.07) is 4.32. The number of rotatable bonds is 3. The molecule has 15 heavy (non-hydrogen) atoms. The van der Waals surface area contributed by atoms with Crippen molar-refractivity contribution in [1.82, 2.24) is 0 Å². The molecule has 0 spiro atoms. The monoisotopic (exact) mass is 247 g/mol. The summed E-state index contributed by atoms with van der Waals surface area (Å²) in [5.74, 6) is -0.895. The second-order valence-electron chi connectivity index (χ2n) is 3.25. The Morgan fingerprint density at radius 3 is 2.20 bits per heavy atom. The summed E-state index contributed by atoms with van der Waals surface area (Å²) in [6.07, 6.45) is 0. The minimum atomic E-state index is -0.895. The highest BCUT2D eigenvalue weighted by atomic mass is 35.5. The largest absolute Gasteiger partial charge is 0.480 e. The Labute approximate surface area is 98.2 Å². The van der Waals surface area contributed by atoms with Gasteiger partial charge in [-0.1, -0.05) is 23.2 Å². The first-order chi connectivity index (χ1) is 6.91. The van der Waals surface area contributed by atoms with Crippen LogP contribution in [-0.2, 0) is 4.79 Å². The SMILES string of the molecule is C[C@H](C(=O)O)N(C)c1cc(Cl)cc(Cl)c1. The Balaban J connectivity index is 3.00. The van der Waals surface area contributed by atoms with E-state index < -0.39 is 12.0 Å². The van der Waals surface area contributed by atoms with Crippen LogP contribution >= 0.6 is 23.2 Å². The lowest BCUT2D eigenvalue weighted by molar-refractivity contribution is -0.138. The fourth-order valence-electron chi connectivity index (χ4n) is 1.13. The molecule has 0 unspecified atom stereocenters. The molecule has 1 aromatic carbocycles. The number of carbonyl (C=O) groups is 1. The van der Waals surface area contributed by atoms with Gasteiger partial charge in [0.25, 0.3) is 0 Å². The quantitative estimate of drug-likeness (QED) is 0.893. The molecule has 0 heterocycles. The number of carboxylic acids is 1. The predicted octanol–water partition coefficient (Wildman–Crippen LogP) is 2.90. The van der Waals surface area contributed by atoms with E-state index in [0.29, 0.717) is 15.7 Å². The molecule has 1 atom stereocenters. The highest BCUT2D eigenvalue weighted by Crippen LogP contribution is 2.25. The van der Waals surface area contributed by atoms with Crippen molar-refractivity contribution >= 4 is 34.9 Å². The molecule has 0 aliphatic carbocycles. The Kier molecular flexibility index (Phi) is 3.83. The average Bonchev–Trinajstić information content (AvgIpc) is 2.13. The maximum absolute atomic E-state index is 10.8. The minimum Gasteiger partial charge on any atom is -0.480 e. The number of hydrogen-bond acceptors (Lipinski definition) is 2. The number of anilines is 1.